The first-order valence-electron chi connectivity index (χ1n) is 7.32. The molecule has 0 spiro atoms. The van der Waals surface area contributed by atoms with Gasteiger partial charge in [0.1, 0.15) is 0 Å². The molecular formula is C18H20FNO. The highest BCUT2D eigenvalue weighted by Crippen LogP contribution is 2.38. The van der Waals surface area contributed by atoms with Gasteiger partial charge in [0.25, 0.3) is 0 Å². The van der Waals surface area contributed by atoms with Gasteiger partial charge in [-0.2, -0.15) is 0 Å². The Kier molecular flexibility index (Phi) is 3.82. The summed E-state index contributed by atoms with van der Waals surface area (Å²) < 4.78 is 18.6. The van der Waals surface area contributed by atoms with E-state index in [1.165, 1.54) is 24.3 Å². The second-order valence-corrected chi connectivity index (χ2v) is 5.77. The Hall–Kier alpha value is -2.03. The topological polar surface area (TPSA) is 21.3 Å². The fourth-order valence-electron chi connectivity index (χ4n) is 2.84. The van der Waals surface area contributed by atoms with E-state index in [4.69, 9.17) is 4.74 Å². The molecule has 0 aliphatic heterocycles. The van der Waals surface area contributed by atoms with Crippen molar-refractivity contribution in [2.45, 2.75) is 31.7 Å². The molecule has 2 aromatic carbocycles. The third-order valence-corrected chi connectivity index (χ3v) is 4.21. The van der Waals surface area contributed by atoms with Gasteiger partial charge in [-0.3, -0.25) is 0 Å². The Bertz CT molecular complexity index is 618. The molecule has 0 heterocycles. The number of ether oxygens (including phenoxy) is 1. The third kappa shape index (κ3) is 3.02. The molecular weight excluding hydrogens is 265 g/mol. The van der Waals surface area contributed by atoms with Gasteiger partial charge in [-0.05, 0) is 43.4 Å². The quantitative estimate of drug-likeness (QED) is 0.893. The first kappa shape index (κ1) is 13.9. The lowest BCUT2D eigenvalue weighted by atomic mass is 9.75. The number of hydrogen-bond donors (Lipinski definition) is 1. The van der Waals surface area contributed by atoms with Crippen LogP contribution in [0.2, 0.25) is 0 Å². The van der Waals surface area contributed by atoms with Gasteiger partial charge in [-0.1, -0.05) is 29.8 Å². The molecule has 0 unspecified atom stereocenters. The first-order valence-corrected chi connectivity index (χ1v) is 7.32. The van der Waals surface area contributed by atoms with Crippen LogP contribution in [0.25, 0.3) is 0 Å². The largest absolute Gasteiger partial charge is 0.494 e. The number of methoxy groups -OCH3 is 1. The summed E-state index contributed by atoms with van der Waals surface area (Å²) in [6.45, 7) is 2.10. The lowest BCUT2D eigenvalue weighted by Crippen LogP contribution is -2.34. The Morgan fingerprint density at radius 1 is 1.10 bits per heavy atom. The van der Waals surface area contributed by atoms with Gasteiger partial charge in [-0.15, -0.1) is 0 Å². The monoisotopic (exact) mass is 285 g/mol. The molecule has 0 radical (unpaired) electrons. The second-order valence-electron chi connectivity index (χ2n) is 5.77. The smallest absolute Gasteiger partial charge is 0.167 e. The SMILES string of the molecule is COc1ccc(NC2CC(c3ccc(C)cc3)C2)cc1F. The van der Waals surface area contributed by atoms with E-state index in [9.17, 15) is 4.39 Å². The minimum absolute atomic E-state index is 0.284. The molecule has 0 atom stereocenters. The van der Waals surface area contributed by atoms with E-state index in [0.29, 0.717) is 12.0 Å². The van der Waals surface area contributed by atoms with Crippen LogP contribution in [0, 0.1) is 12.7 Å². The second kappa shape index (κ2) is 5.76. The molecule has 0 bridgehead atoms. The van der Waals surface area contributed by atoms with Crippen molar-refractivity contribution in [3.05, 3.63) is 59.4 Å². The van der Waals surface area contributed by atoms with Crippen molar-refractivity contribution < 1.29 is 9.13 Å². The molecule has 3 rings (SSSR count). The van der Waals surface area contributed by atoms with Crippen LogP contribution in [0.5, 0.6) is 5.75 Å². The van der Waals surface area contributed by atoms with Crippen LogP contribution in [0.15, 0.2) is 42.5 Å². The number of hydrogen-bond acceptors (Lipinski definition) is 2. The van der Waals surface area contributed by atoms with Crippen LogP contribution in [-0.2, 0) is 0 Å². The lowest BCUT2D eigenvalue weighted by Gasteiger charge is -2.37. The number of halogens is 1. The van der Waals surface area contributed by atoms with Gasteiger partial charge in [0, 0.05) is 17.8 Å². The summed E-state index contributed by atoms with van der Waals surface area (Å²) in [5.41, 5.74) is 3.52. The highest BCUT2D eigenvalue weighted by molar-refractivity contribution is 5.48. The predicted octanol–water partition coefficient (Wildman–Crippen LogP) is 4.50. The van der Waals surface area contributed by atoms with E-state index in [1.54, 1.807) is 6.07 Å². The Balaban J connectivity index is 1.57. The average molecular weight is 285 g/mol. The van der Waals surface area contributed by atoms with E-state index in [1.807, 2.05) is 6.07 Å². The van der Waals surface area contributed by atoms with E-state index < -0.39 is 0 Å². The Morgan fingerprint density at radius 2 is 1.81 bits per heavy atom. The van der Waals surface area contributed by atoms with Crippen molar-refractivity contribution in [3.8, 4) is 5.75 Å². The fourth-order valence-corrected chi connectivity index (χ4v) is 2.84. The molecule has 0 saturated heterocycles. The van der Waals surface area contributed by atoms with Crippen molar-refractivity contribution >= 4 is 5.69 Å². The molecule has 1 fully saturated rings. The highest BCUT2D eigenvalue weighted by Gasteiger charge is 2.30. The molecule has 1 N–H and O–H groups in total. The van der Waals surface area contributed by atoms with Crippen LogP contribution in [-0.4, -0.2) is 13.2 Å². The molecule has 2 aromatic rings. The standard InChI is InChI=1S/C18H20FNO/c1-12-3-5-13(6-4-12)14-9-16(10-14)20-15-7-8-18(21-2)17(19)11-15/h3-8,11,14,16,20H,9-10H2,1-2H3. The van der Waals surface area contributed by atoms with Crippen LogP contribution >= 0.6 is 0 Å². The minimum atomic E-state index is -0.322. The normalized spacial score (nSPS) is 20.7. The first-order chi connectivity index (χ1) is 10.2. The number of nitrogens with one attached hydrogen (secondary N) is 1. The van der Waals surface area contributed by atoms with E-state index in [-0.39, 0.29) is 11.6 Å². The Morgan fingerprint density at radius 3 is 2.43 bits per heavy atom. The van der Waals surface area contributed by atoms with Crippen LogP contribution in [0.1, 0.15) is 29.9 Å². The van der Waals surface area contributed by atoms with Gasteiger partial charge in [0.15, 0.2) is 11.6 Å². The summed E-state index contributed by atoms with van der Waals surface area (Å²) >= 11 is 0. The van der Waals surface area contributed by atoms with Crippen molar-refractivity contribution in [3.63, 3.8) is 0 Å². The number of anilines is 1. The van der Waals surface area contributed by atoms with Crippen molar-refractivity contribution in [1.29, 1.82) is 0 Å². The zero-order chi connectivity index (χ0) is 14.8. The van der Waals surface area contributed by atoms with Gasteiger partial charge in [0.05, 0.1) is 7.11 Å². The molecule has 1 aliphatic carbocycles. The fraction of sp³-hybridized carbons (Fsp3) is 0.333. The third-order valence-electron chi connectivity index (χ3n) is 4.21. The zero-order valence-corrected chi connectivity index (χ0v) is 12.4. The van der Waals surface area contributed by atoms with E-state index in [2.05, 4.69) is 36.5 Å². The van der Waals surface area contributed by atoms with Crippen LogP contribution in [0.4, 0.5) is 10.1 Å². The van der Waals surface area contributed by atoms with Crippen molar-refractivity contribution in [1.82, 2.24) is 0 Å². The lowest BCUT2D eigenvalue weighted by molar-refractivity contribution is 0.373. The molecule has 0 amide bonds. The Labute approximate surface area is 125 Å². The van der Waals surface area contributed by atoms with Gasteiger partial charge >= 0.3 is 0 Å². The maximum atomic E-state index is 13.6. The molecule has 3 heteroatoms. The van der Waals surface area contributed by atoms with Crippen LogP contribution < -0.4 is 10.1 Å². The van der Waals surface area contributed by atoms with Crippen molar-refractivity contribution in [2.24, 2.45) is 0 Å². The molecule has 2 nitrogen and oxygen atoms in total. The van der Waals surface area contributed by atoms with Crippen LogP contribution in [0.3, 0.4) is 0 Å². The van der Waals surface area contributed by atoms with E-state index >= 15 is 0 Å². The summed E-state index contributed by atoms with van der Waals surface area (Å²) in [6.07, 6.45) is 2.19. The zero-order valence-electron chi connectivity index (χ0n) is 12.4. The van der Waals surface area contributed by atoms with Gasteiger partial charge < -0.3 is 10.1 Å². The maximum absolute atomic E-state index is 13.6. The number of benzene rings is 2. The molecule has 1 saturated carbocycles. The highest BCUT2D eigenvalue weighted by atomic mass is 19.1. The summed E-state index contributed by atoms with van der Waals surface area (Å²) in [4.78, 5) is 0. The van der Waals surface area contributed by atoms with Gasteiger partial charge in [-0.25, -0.2) is 4.39 Å². The summed E-state index contributed by atoms with van der Waals surface area (Å²) in [5.74, 6) is 0.579. The summed E-state index contributed by atoms with van der Waals surface area (Å²) in [7, 11) is 1.48. The predicted molar refractivity (Wildman–Crippen MR) is 83.5 cm³/mol. The number of rotatable bonds is 4. The molecule has 0 aromatic heterocycles. The van der Waals surface area contributed by atoms with E-state index in [0.717, 1.165) is 18.5 Å². The molecule has 110 valence electrons. The summed E-state index contributed by atoms with van der Waals surface area (Å²) in [6, 6.07) is 14.2. The minimum Gasteiger partial charge on any atom is -0.494 e. The molecule has 1 aliphatic rings. The molecule has 21 heavy (non-hydrogen) atoms. The number of aryl methyl sites for hydroxylation is 1. The average Bonchev–Trinajstić information content (AvgIpc) is 2.44. The van der Waals surface area contributed by atoms with Crippen molar-refractivity contribution in [2.75, 3.05) is 12.4 Å². The maximum Gasteiger partial charge on any atom is 0.167 e. The summed E-state index contributed by atoms with van der Waals surface area (Å²) in [5, 5.41) is 3.39. The van der Waals surface area contributed by atoms with Gasteiger partial charge in [0.2, 0.25) is 0 Å².